The molecule has 3 heteroatoms. The molecule has 12 heavy (non-hydrogen) atoms. The fraction of sp³-hybridized carbons (Fsp3) is 1.00. The second-order valence-corrected chi connectivity index (χ2v) is 3.99. The van der Waals surface area contributed by atoms with Crippen molar-refractivity contribution in [2.24, 2.45) is 11.7 Å². The van der Waals surface area contributed by atoms with Gasteiger partial charge in [-0.2, -0.15) is 0 Å². The topological polar surface area (TPSA) is 41.3 Å². The standard InChI is InChI=1S/C9H19N3/c10-3-4-11-9-7-12-5-1-8(9)2-6-12/h8-9,11H,1-7,10H2. The molecule has 70 valence electrons. The summed E-state index contributed by atoms with van der Waals surface area (Å²) in [5.74, 6) is 0.932. The molecule has 0 aromatic carbocycles. The van der Waals surface area contributed by atoms with E-state index in [1.54, 1.807) is 0 Å². The summed E-state index contributed by atoms with van der Waals surface area (Å²) in [6, 6.07) is 0.732. The van der Waals surface area contributed by atoms with Crippen LogP contribution in [0.2, 0.25) is 0 Å². The van der Waals surface area contributed by atoms with E-state index < -0.39 is 0 Å². The minimum atomic E-state index is 0.732. The van der Waals surface area contributed by atoms with Crippen LogP contribution in [0.15, 0.2) is 0 Å². The van der Waals surface area contributed by atoms with E-state index >= 15 is 0 Å². The first kappa shape index (κ1) is 8.48. The van der Waals surface area contributed by atoms with Crippen molar-refractivity contribution in [2.45, 2.75) is 18.9 Å². The molecule has 2 bridgehead atoms. The zero-order valence-electron chi connectivity index (χ0n) is 7.63. The van der Waals surface area contributed by atoms with Crippen LogP contribution in [-0.4, -0.2) is 43.7 Å². The highest BCUT2D eigenvalue weighted by Gasteiger charge is 2.33. The lowest BCUT2D eigenvalue weighted by Crippen LogP contribution is -2.56. The van der Waals surface area contributed by atoms with E-state index in [1.165, 1.54) is 32.5 Å². The number of hydrogen-bond donors (Lipinski definition) is 2. The molecule has 0 aliphatic carbocycles. The van der Waals surface area contributed by atoms with Gasteiger partial charge in [0, 0.05) is 25.7 Å². The molecule has 0 amide bonds. The van der Waals surface area contributed by atoms with Crippen LogP contribution >= 0.6 is 0 Å². The minimum Gasteiger partial charge on any atom is -0.329 e. The van der Waals surface area contributed by atoms with E-state index in [1.807, 2.05) is 0 Å². The molecule has 3 heterocycles. The molecule has 3 aliphatic heterocycles. The van der Waals surface area contributed by atoms with Crippen LogP contribution in [0, 0.1) is 5.92 Å². The monoisotopic (exact) mass is 169 g/mol. The molecule has 0 aromatic rings. The van der Waals surface area contributed by atoms with E-state index in [0.29, 0.717) is 0 Å². The molecule has 3 nitrogen and oxygen atoms in total. The lowest BCUT2D eigenvalue weighted by Gasteiger charge is -2.45. The molecule has 0 aromatic heterocycles. The van der Waals surface area contributed by atoms with Gasteiger partial charge in [-0.15, -0.1) is 0 Å². The van der Waals surface area contributed by atoms with Crippen molar-refractivity contribution < 1.29 is 0 Å². The molecule has 1 atom stereocenters. The van der Waals surface area contributed by atoms with Crippen LogP contribution in [0.3, 0.4) is 0 Å². The Balaban J connectivity index is 1.82. The van der Waals surface area contributed by atoms with Crippen LogP contribution < -0.4 is 11.1 Å². The Kier molecular flexibility index (Phi) is 2.63. The highest BCUT2D eigenvalue weighted by atomic mass is 15.2. The Bertz CT molecular complexity index is 141. The second kappa shape index (κ2) is 3.73. The third kappa shape index (κ3) is 1.63. The van der Waals surface area contributed by atoms with E-state index in [9.17, 15) is 0 Å². The molecule has 1 unspecified atom stereocenters. The summed E-state index contributed by atoms with van der Waals surface area (Å²) in [5, 5.41) is 3.54. The largest absolute Gasteiger partial charge is 0.329 e. The van der Waals surface area contributed by atoms with Gasteiger partial charge in [-0.1, -0.05) is 0 Å². The highest BCUT2D eigenvalue weighted by Crippen LogP contribution is 2.27. The molecule has 0 spiro atoms. The van der Waals surface area contributed by atoms with E-state index in [2.05, 4.69) is 10.2 Å². The van der Waals surface area contributed by atoms with E-state index in [-0.39, 0.29) is 0 Å². The Morgan fingerprint density at radius 3 is 2.58 bits per heavy atom. The first-order valence-corrected chi connectivity index (χ1v) is 5.06. The number of hydrogen-bond acceptors (Lipinski definition) is 3. The van der Waals surface area contributed by atoms with Gasteiger partial charge in [0.15, 0.2) is 0 Å². The maximum absolute atomic E-state index is 5.47. The predicted octanol–water partition coefficient (Wildman–Crippen LogP) is -0.371. The maximum Gasteiger partial charge on any atom is 0.0224 e. The molecule has 3 saturated heterocycles. The van der Waals surface area contributed by atoms with Crippen molar-refractivity contribution in [1.29, 1.82) is 0 Å². The summed E-state index contributed by atoms with van der Waals surface area (Å²) in [7, 11) is 0. The van der Waals surface area contributed by atoms with Crippen LogP contribution in [0.5, 0.6) is 0 Å². The summed E-state index contributed by atoms with van der Waals surface area (Å²) in [5.41, 5.74) is 5.47. The quantitative estimate of drug-likeness (QED) is 0.605. The fourth-order valence-corrected chi connectivity index (χ4v) is 2.47. The zero-order chi connectivity index (χ0) is 8.39. The van der Waals surface area contributed by atoms with Crippen molar-refractivity contribution in [1.82, 2.24) is 10.2 Å². The summed E-state index contributed by atoms with van der Waals surface area (Å²) >= 11 is 0. The molecule has 3 rings (SSSR count). The number of nitrogens with one attached hydrogen (secondary N) is 1. The van der Waals surface area contributed by atoms with Crippen LogP contribution in [0.4, 0.5) is 0 Å². The first-order valence-electron chi connectivity index (χ1n) is 5.06. The van der Waals surface area contributed by atoms with Gasteiger partial charge >= 0.3 is 0 Å². The van der Waals surface area contributed by atoms with Gasteiger partial charge in [0.2, 0.25) is 0 Å². The SMILES string of the molecule is NCCNC1CN2CCC1CC2. The van der Waals surface area contributed by atoms with Crippen molar-refractivity contribution in [3.8, 4) is 0 Å². The van der Waals surface area contributed by atoms with Gasteiger partial charge in [0.25, 0.3) is 0 Å². The summed E-state index contributed by atoms with van der Waals surface area (Å²) in [4.78, 5) is 2.56. The molecule has 3 N–H and O–H groups in total. The zero-order valence-corrected chi connectivity index (χ0v) is 7.63. The van der Waals surface area contributed by atoms with E-state index in [0.717, 1.165) is 25.0 Å². The Hall–Kier alpha value is -0.120. The number of piperidine rings is 3. The summed E-state index contributed by atoms with van der Waals surface area (Å²) < 4.78 is 0. The number of fused-ring (bicyclic) bond motifs is 3. The smallest absolute Gasteiger partial charge is 0.0224 e. The number of nitrogens with zero attached hydrogens (tertiary/aromatic N) is 1. The lowest BCUT2D eigenvalue weighted by atomic mass is 9.84. The Labute approximate surface area is 74.3 Å². The Morgan fingerprint density at radius 1 is 1.33 bits per heavy atom. The van der Waals surface area contributed by atoms with Gasteiger partial charge in [0.05, 0.1) is 0 Å². The molecular formula is C9H19N3. The average Bonchev–Trinajstić information content (AvgIpc) is 2.17. The Morgan fingerprint density at radius 2 is 2.08 bits per heavy atom. The average molecular weight is 169 g/mol. The van der Waals surface area contributed by atoms with Gasteiger partial charge in [0.1, 0.15) is 0 Å². The maximum atomic E-state index is 5.47. The van der Waals surface area contributed by atoms with Gasteiger partial charge in [-0.25, -0.2) is 0 Å². The third-order valence-corrected chi connectivity index (χ3v) is 3.21. The number of rotatable bonds is 3. The fourth-order valence-electron chi connectivity index (χ4n) is 2.47. The van der Waals surface area contributed by atoms with Crippen molar-refractivity contribution in [3.63, 3.8) is 0 Å². The summed E-state index contributed by atoms with van der Waals surface area (Å²) in [6.45, 7) is 5.65. The minimum absolute atomic E-state index is 0.732. The van der Waals surface area contributed by atoms with Crippen LogP contribution in [0.25, 0.3) is 0 Å². The molecular weight excluding hydrogens is 150 g/mol. The van der Waals surface area contributed by atoms with Gasteiger partial charge < -0.3 is 16.0 Å². The molecule has 3 aliphatic rings. The molecule has 3 fully saturated rings. The molecule has 0 radical (unpaired) electrons. The highest BCUT2D eigenvalue weighted by molar-refractivity contribution is 4.90. The van der Waals surface area contributed by atoms with Crippen LogP contribution in [-0.2, 0) is 0 Å². The summed E-state index contributed by atoms with van der Waals surface area (Å²) in [6.07, 6.45) is 2.78. The lowest BCUT2D eigenvalue weighted by molar-refractivity contribution is 0.0734. The van der Waals surface area contributed by atoms with Crippen molar-refractivity contribution in [3.05, 3.63) is 0 Å². The third-order valence-electron chi connectivity index (χ3n) is 3.21. The van der Waals surface area contributed by atoms with Gasteiger partial charge in [-0.3, -0.25) is 0 Å². The predicted molar refractivity (Wildman–Crippen MR) is 50.0 cm³/mol. The van der Waals surface area contributed by atoms with Crippen LogP contribution in [0.1, 0.15) is 12.8 Å². The van der Waals surface area contributed by atoms with Crippen molar-refractivity contribution in [2.75, 3.05) is 32.7 Å². The second-order valence-electron chi connectivity index (χ2n) is 3.99. The first-order chi connectivity index (χ1) is 5.90. The van der Waals surface area contributed by atoms with E-state index in [4.69, 9.17) is 5.73 Å². The number of nitrogens with two attached hydrogens (primary N) is 1. The van der Waals surface area contributed by atoms with Gasteiger partial charge in [-0.05, 0) is 31.8 Å². The normalized spacial score (nSPS) is 40.2. The molecule has 0 saturated carbocycles. The van der Waals surface area contributed by atoms with Crippen molar-refractivity contribution >= 4 is 0 Å².